The second-order valence-corrected chi connectivity index (χ2v) is 8.14. The molecule has 0 bridgehead atoms. The number of rotatable bonds is 8. The van der Waals surface area contributed by atoms with E-state index in [9.17, 15) is 9.50 Å². The van der Waals surface area contributed by atoms with Crippen molar-refractivity contribution in [3.63, 3.8) is 0 Å². The van der Waals surface area contributed by atoms with Crippen LogP contribution in [0.5, 0.6) is 0 Å². The molecule has 0 radical (unpaired) electrons. The molecule has 160 valence electrons. The summed E-state index contributed by atoms with van der Waals surface area (Å²) in [5.74, 6) is -0.305. The van der Waals surface area contributed by atoms with Crippen LogP contribution in [-0.4, -0.2) is 34.9 Å². The highest BCUT2D eigenvalue weighted by Gasteiger charge is 2.27. The zero-order valence-electron chi connectivity index (χ0n) is 17.0. The molecule has 2 atom stereocenters. The molecule has 0 aromatic heterocycles. The first-order valence-electron chi connectivity index (χ1n) is 10.3. The molecule has 0 fully saturated rings. The maximum Gasteiger partial charge on any atom is 0.145 e. The second-order valence-electron chi connectivity index (χ2n) is 7.70. The van der Waals surface area contributed by atoms with Gasteiger partial charge >= 0.3 is 0 Å². The first-order valence-corrected chi connectivity index (χ1v) is 10.6. The molecule has 3 aromatic rings. The lowest BCUT2D eigenvalue weighted by molar-refractivity contribution is 0.0318. The van der Waals surface area contributed by atoms with Gasteiger partial charge in [0.05, 0.1) is 11.8 Å². The number of aliphatic hydroxyl groups is 1. The van der Waals surface area contributed by atoms with Gasteiger partial charge < -0.3 is 9.94 Å². The third-order valence-corrected chi connectivity index (χ3v) is 5.53. The predicted molar refractivity (Wildman–Crippen MR) is 121 cm³/mol. The van der Waals surface area contributed by atoms with E-state index in [1.165, 1.54) is 6.07 Å². The minimum atomic E-state index is -0.645. The maximum absolute atomic E-state index is 14.1. The van der Waals surface area contributed by atoms with Crippen LogP contribution in [-0.2, 0) is 11.4 Å². The molecular formula is C25H24ClFN2O2. The van der Waals surface area contributed by atoms with Crippen LogP contribution in [0.25, 0.3) is 0 Å². The molecule has 0 spiro atoms. The van der Waals surface area contributed by atoms with E-state index in [0.29, 0.717) is 42.4 Å². The number of halogens is 2. The zero-order chi connectivity index (χ0) is 21.6. The van der Waals surface area contributed by atoms with Crippen molar-refractivity contribution in [3.05, 3.63) is 106 Å². The van der Waals surface area contributed by atoms with Gasteiger partial charge in [0, 0.05) is 36.6 Å². The fraction of sp³-hybridized carbons (Fsp3) is 0.240. The summed E-state index contributed by atoms with van der Waals surface area (Å²) in [6.07, 6.45) is -0.362. The van der Waals surface area contributed by atoms with Crippen LogP contribution in [0, 0.1) is 5.82 Å². The monoisotopic (exact) mass is 438 g/mol. The molecule has 0 aliphatic carbocycles. The summed E-state index contributed by atoms with van der Waals surface area (Å²) in [5.41, 5.74) is 2.97. The SMILES string of the molecule is OC(CN(Cc1cccc(Cl)c1)CC1CC(c2ccccc2F)=NO1)c1ccccc1. The molecule has 0 saturated carbocycles. The number of oxime groups is 1. The number of nitrogens with zero attached hydrogens (tertiary/aromatic N) is 2. The van der Waals surface area contributed by atoms with Crippen LogP contribution < -0.4 is 0 Å². The highest BCUT2D eigenvalue weighted by molar-refractivity contribution is 6.30. The van der Waals surface area contributed by atoms with Gasteiger partial charge in [0.15, 0.2) is 0 Å². The summed E-state index contributed by atoms with van der Waals surface area (Å²) in [5, 5.41) is 15.6. The largest absolute Gasteiger partial charge is 0.390 e. The van der Waals surface area contributed by atoms with E-state index in [2.05, 4.69) is 10.1 Å². The van der Waals surface area contributed by atoms with Crippen molar-refractivity contribution < 1.29 is 14.3 Å². The van der Waals surface area contributed by atoms with Gasteiger partial charge in [0.1, 0.15) is 11.9 Å². The number of hydrogen-bond acceptors (Lipinski definition) is 4. The van der Waals surface area contributed by atoms with Gasteiger partial charge in [-0.3, -0.25) is 4.90 Å². The highest BCUT2D eigenvalue weighted by Crippen LogP contribution is 2.23. The van der Waals surface area contributed by atoms with Crippen LogP contribution in [0.3, 0.4) is 0 Å². The Morgan fingerprint density at radius 1 is 1.06 bits per heavy atom. The molecule has 31 heavy (non-hydrogen) atoms. The molecule has 1 N–H and O–H groups in total. The minimum absolute atomic E-state index is 0.225. The smallest absolute Gasteiger partial charge is 0.145 e. The van der Waals surface area contributed by atoms with Crippen molar-refractivity contribution in [1.29, 1.82) is 0 Å². The van der Waals surface area contributed by atoms with Gasteiger partial charge in [-0.2, -0.15) is 0 Å². The molecule has 0 amide bonds. The van der Waals surface area contributed by atoms with Crippen molar-refractivity contribution in [2.75, 3.05) is 13.1 Å². The normalized spacial score (nSPS) is 16.8. The molecule has 1 aliphatic rings. The van der Waals surface area contributed by atoms with Crippen LogP contribution in [0.4, 0.5) is 4.39 Å². The van der Waals surface area contributed by atoms with E-state index in [0.717, 1.165) is 11.1 Å². The van der Waals surface area contributed by atoms with Gasteiger partial charge in [-0.25, -0.2) is 4.39 Å². The van der Waals surface area contributed by atoms with Crippen molar-refractivity contribution in [2.45, 2.75) is 25.2 Å². The van der Waals surface area contributed by atoms with Crippen molar-refractivity contribution in [2.24, 2.45) is 5.16 Å². The molecule has 4 rings (SSSR count). The molecule has 2 unspecified atom stereocenters. The molecule has 4 nitrogen and oxygen atoms in total. The van der Waals surface area contributed by atoms with E-state index in [1.807, 2.05) is 54.6 Å². The Labute approximate surface area is 186 Å². The Bertz CT molecular complexity index is 1040. The van der Waals surface area contributed by atoms with Gasteiger partial charge in [-0.15, -0.1) is 0 Å². The quantitative estimate of drug-likeness (QED) is 0.525. The standard InChI is InChI=1S/C25H24ClFN2O2/c26-20-10-6-7-18(13-20)15-29(17-25(30)19-8-2-1-3-9-19)16-21-14-24(28-31-21)22-11-4-5-12-23(22)27/h1-13,21,25,30H,14-17H2. The van der Waals surface area contributed by atoms with Gasteiger partial charge in [0.25, 0.3) is 0 Å². The van der Waals surface area contributed by atoms with E-state index >= 15 is 0 Å². The van der Waals surface area contributed by atoms with Gasteiger partial charge in [0.2, 0.25) is 0 Å². The summed E-state index contributed by atoms with van der Waals surface area (Å²) in [4.78, 5) is 7.74. The van der Waals surface area contributed by atoms with Gasteiger partial charge in [-0.05, 0) is 29.3 Å². The lowest BCUT2D eigenvalue weighted by atomic mass is 10.0. The van der Waals surface area contributed by atoms with Crippen molar-refractivity contribution in [3.8, 4) is 0 Å². The van der Waals surface area contributed by atoms with E-state index in [4.69, 9.17) is 16.4 Å². The zero-order valence-corrected chi connectivity index (χ0v) is 17.8. The topological polar surface area (TPSA) is 45.1 Å². The maximum atomic E-state index is 14.1. The van der Waals surface area contributed by atoms with E-state index in [1.54, 1.807) is 18.2 Å². The molecule has 1 aliphatic heterocycles. The molecule has 3 aromatic carbocycles. The Balaban J connectivity index is 1.46. The lowest BCUT2D eigenvalue weighted by Crippen LogP contribution is -2.35. The Morgan fingerprint density at radius 2 is 1.84 bits per heavy atom. The molecule has 6 heteroatoms. The molecule has 0 saturated heterocycles. The van der Waals surface area contributed by atoms with Crippen molar-refractivity contribution in [1.82, 2.24) is 4.90 Å². The molecular weight excluding hydrogens is 415 g/mol. The van der Waals surface area contributed by atoms with Crippen LogP contribution in [0.15, 0.2) is 84.0 Å². The fourth-order valence-corrected chi connectivity index (χ4v) is 4.00. The fourth-order valence-electron chi connectivity index (χ4n) is 3.79. The van der Waals surface area contributed by atoms with Crippen LogP contribution >= 0.6 is 11.6 Å². The average Bonchev–Trinajstić information content (AvgIpc) is 3.23. The van der Waals surface area contributed by atoms with Gasteiger partial charge in [-0.1, -0.05) is 77.4 Å². The first kappa shape index (κ1) is 21.5. The summed E-state index contributed by atoms with van der Waals surface area (Å²) < 4.78 is 14.1. The van der Waals surface area contributed by atoms with E-state index < -0.39 is 6.10 Å². The third-order valence-electron chi connectivity index (χ3n) is 5.29. The Morgan fingerprint density at radius 3 is 2.61 bits per heavy atom. The molecule has 1 heterocycles. The minimum Gasteiger partial charge on any atom is -0.390 e. The van der Waals surface area contributed by atoms with E-state index in [-0.39, 0.29) is 11.9 Å². The third kappa shape index (κ3) is 5.70. The first-order chi connectivity index (χ1) is 15.1. The summed E-state index contributed by atoms with van der Waals surface area (Å²) in [7, 11) is 0. The predicted octanol–water partition coefficient (Wildman–Crippen LogP) is 5.21. The van der Waals surface area contributed by atoms with Crippen LogP contribution in [0.2, 0.25) is 5.02 Å². The number of aliphatic hydroxyl groups excluding tert-OH is 1. The Kier molecular flexibility index (Phi) is 6.97. The van der Waals surface area contributed by atoms with Crippen LogP contribution in [0.1, 0.15) is 29.2 Å². The number of benzene rings is 3. The van der Waals surface area contributed by atoms with Crippen molar-refractivity contribution >= 4 is 17.3 Å². The lowest BCUT2D eigenvalue weighted by Gasteiger charge is -2.27. The number of hydrogen-bond donors (Lipinski definition) is 1. The summed E-state index contributed by atoms with van der Waals surface area (Å²) >= 11 is 6.16. The highest BCUT2D eigenvalue weighted by atomic mass is 35.5. The summed E-state index contributed by atoms with van der Waals surface area (Å²) in [6.45, 7) is 1.56. The Hall–Kier alpha value is -2.73. The second kappa shape index (κ2) is 10.1. The summed E-state index contributed by atoms with van der Waals surface area (Å²) in [6, 6.07) is 23.8. The average molecular weight is 439 g/mol.